The number of carbonyl (C=O) groups is 1. The summed E-state index contributed by atoms with van der Waals surface area (Å²) in [6.07, 6.45) is -0.0840. The smallest absolute Gasteiger partial charge is 0.261 e. The van der Waals surface area contributed by atoms with Crippen molar-refractivity contribution in [2.45, 2.75) is 24.8 Å². The highest BCUT2D eigenvalue weighted by Gasteiger charge is 2.17. The van der Waals surface area contributed by atoms with E-state index in [1.54, 1.807) is 60.7 Å². The summed E-state index contributed by atoms with van der Waals surface area (Å²) in [5, 5.41) is 2.77. The van der Waals surface area contributed by atoms with Gasteiger partial charge in [-0.25, -0.2) is 8.42 Å². The van der Waals surface area contributed by atoms with Gasteiger partial charge in [0.1, 0.15) is 5.75 Å². The van der Waals surface area contributed by atoms with Gasteiger partial charge >= 0.3 is 0 Å². The van der Waals surface area contributed by atoms with E-state index < -0.39 is 10.0 Å². The van der Waals surface area contributed by atoms with Crippen molar-refractivity contribution in [3.63, 3.8) is 0 Å². The van der Waals surface area contributed by atoms with Crippen LogP contribution in [0, 0.1) is 0 Å². The van der Waals surface area contributed by atoms with Crippen LogP contribution >= 0.6 is 15.9 Å². The van der Waals surface area contributed by atoms with Crippen molar-refractivity contribution in [3.8, 4) is 5.75 Å². The van der Waals surface area contributed by atoms with E-state index in [1.165, 1.54) is 12.1 Å². The fourth-order valence-corrected chi connectivity index (χ4v) is 4.09. The van der Waals surface area contributed by atoms with Crippen molar-refractivity contribution < 1.29 is 17.9 Å². The summed E-state index contributed by atoms with van der Waals surface area (Å²) in [4.78, 5) is 12.8. The molecular weight excluding hydrogens is 468 g/mol. The standard InChI is InChI=1S/C22H21BrN2O4S/c1-15(2)29-21-13-8-16(23)14-20(21)22(26)24-17-9-11-19(12-10-17)30(27,28)25-18-6-4-3-5-7-18/h3-15,25H,1-2H3,(H,24,26). The highest BCUT2D eigenvalue weighted by molar-refractivity contribution is 9.10. The lowest BCUT2D eigenvalue weighted by Gasteiger charge is -2.15. The Morgan fingerprint density at radius 3 is 2.23 bits per heavy atom. The van der Waals surface area contributed by atoms with Gasteiger partial charge in [0, 0.05) is 15.8 Å². The first-order valence-corrected chi connectivity index (χ1v) is 11.5. The topological polar surface area (TPSA) is 84.5 Å². The van der Waals surface area contributed by atoms with Crippen molar-refractivity contribution >= 4 is 43.2 Å². The molecule has 3 aromatic rings. The van der Waals surface area contributed by atoms with Crippen molar-refractivity contribution in [1.29, 1.82) is 0 Å². The molecule has 0 radical (unpaired) electrons. The zero-order valence-electron chi connectivity index (χ0n) is 16.4. The molecule has 0 aromatic heterocycles. The molecule has 0 aliphatic rings. The molecule has 0 spiro atoms. The summed E-state index contributed by atoms with van der Waals surface area (Å²) >= 11 is 3.37. The lowest BCUT2D eigenvalue weighted by molar-refractivity contribution is 0.102. The third-order valence-corrected chi connectivity index (χ3v) is 5.89. The summed E-state index contributed by atoms with van der Waals surface area (Å²) in [6, 6.07) is 19.8. The predicted octanol–water partition coefficient (Wildman–Crippen LogP) is 5.29. The molecule has 6 nitrogen and oxygen atoms in total. The number of ether oxygens (including phenoxy) is 1. The van der Waals surface area contributed by atoms with E-state index in [-0.39, 0.29) is 16.9 Å². The molecule has 0 saturated carbocycles. The molecule has 0 aliphatic carbocycles. The zero-order valence-corrected chi connectivity index (χ0v) is 18.8. The van der Waals surface area contributed by atoms with E-state index >= 15 is 0 Å². The number of hydrogen-bond acceptors (Lipinski definition) is 4. The van der Waals surface area contributed by atoms with Gasteiger partial charge < -0.3 is 10.1 Å². The van der Waals surface area contributed by atoms with Gasteiger partial charge in [0.05, 0.1) is 16.6 Å². The minimum absolute atomic E-state index is 0.0840. The Kier molecular flexibility index (Phi) is 6.79. The van der Waals surface area contributed by atoms with Crippen LogP contribution in [0.1, 0.15) is 24.2 Å². The minimum Gasteiger partial charge on any atom is -0.490 e. The second-order valence-corrected chi connectivity index (χ2v) is 9.36. The van der Waals surface area contributed by atoms with Crippen LogP contribution in [0.3, 0.4) is 0 Å². The second kappa shape index (κ2) is 9.32. The molecule has 8 heteroatoms. The maximum atomic E-state index is 12.7. The first kappa shape index (κ1) is 21.9. The van der Waals surface area contributed by atoms with Crippen LogP contribution in [0.2, 0.25) is 0 Å². The molecule has 0 unspecified atom stereocenters. The summed E-state index contributed by atoms with van der Waals surface area (Å²) in [7, 11) is -3.73. The van der Waals surface area contributed by atoms with Crippen LogP contribution < -0.4 is 14.8 Å². The number of sulfonamides is 1. The lowest BCUT2D eigenvalue weighted by Crippen LogP contribution is -2.16. The molecule has 3 rings (SSSR count). The highest BCUT2D eigenvalue weighted by atomic mass is 79.9. The Morgan fingerprint density at radius 1 is 0.933 bits per heavy atom. The van der Waals surface area contributed by atoms with Crippen LogP contribution in [0.15, 0.2) is 82.2 Å². The van der Waals surface area contributed by atoms with Gasteiger partial charge in [0.25, 0.3) is 15.9 Å². The van der Waals surface area contributed by atoms with E-state index in [2.05, 4.69) is 26.0 Å². The number of halogens is 1. The first-order chi connectivity index (χ1) is 14.2. The van der Waals surface area contributed by atoms with Gasteiger partial charge in [-0.05, 0) is 68.4 Å². The summed E-state index contributed by atoms with van der Waals surface area (Å²) in [5.74, 6) is 0.113. The average molecular weight is 489 g/mol. The number of nitrogens with one attached hydrogen (secondary N) is 2. The van der Waals surface area contributed by atoms with Crippen LogP contribution in [0.25, 0.3) is 0 Å². The van der Waals surface area contributed by atoms with Gasteiger partial charge in [-0.3, -0.25) is 9.52 Å². The molecule has 0 saturated heterocycles. The molecule has 2 N–H and O–H groups in total. The molecule has 0 atom stereocenters. The number of rotatable bonds is 7. The lowest BCUT2D eigenvalue weighted by atomic mass is 10.1. The molecule has 0 aliphatic heterocycles. The molecule has 3 aromatic carbocycles. The Bertz CT molecular complexity index is 1130. The van der Waals surface area contributed by atoms with Crippen molar-refractivity contribution in [3.05, 3.63) is 82.8 Å². The first-order valence-electron chi connectivity index (χ1n) is 9.20. The number of para-hydroxylation sites is 1. The average Bonchev–Trinajstić information content (AvgIpc) is 2.70. The maximum absolute atomic E-state index is 12.7. The third-order valence-electron chi connectivity index (χ3n) is 4.00. The van der Waals surface area contributed by atoms with E-state index in [9.17, 15) is 13.2 Å². The van der Waals surface area contributed by atoms with Crippen LogP contribution in [-0.2, 0) is 10.0 Å². The van der Waals surface area contributed by atoms with Gasteiger partial charge in [-0.2, -0.15) is 0 Å². The quantitative estimate of drug-likeness (QED) is 0.473. The summed E-state index contributed by atoms with van der Waals surface area (Å²) < 4.78 is 34.0. The molecule has 0 bridgehead atoms. The van der Waals surface area contributed by atoms with Gasteiger partial charge in [0.2, 0.25) is 0 Å². The Balaban J connectivity index is 1.76. The maximum Gasteiger partial charge on any atom is 0.261 e. The normalized spacial score (nSPS) is 11.2. The van der Waals surface area contributed by atoms with Crippen molar-refractivity contribution in [2.24, 2.45) is 0 Å². The highest BCUT2D eigenvalue weighted by Crippen LogP contribution is 2.26. The number of carbonyl (C=O) groups excluding carboxylic acids is 1. The monoisotopic (exact) mass is 488 g/mol. The molecule has 0 fully saturated rings. The predicted molar refractivity (Wildman–Crippen MR) is 122 cm³/mol. The molecule has 156 valence electrons. The summed E-state index contributed by atoms with van der Waals surface area (Å²) in [5.41, 5.74) is 1.32. The van der Waals surface area contributed by atoms with Crippen LogP contribution in [0.4, 0.5) is 11.4 Å². The molecule has 1 amide bonds. The molecule has 30 heavy (non-hydrogen) atoms. The zero-order chi connectivity index (χ0) is 21.7. The van der Waals surface area contributed by atoms with Crippen molar-refractivity contribution in [2.75, 3.05) is 10.0 Å². The minimum atomic E-state index is -3.73. The van der Waals surface area contributed by atoms with Crippen LogP contribution in [-0.4, -0.2) is 20.4 Å². The fraction of sp³-hybridized carbons (Fsp3) is 0.136. The Hall–Kier alpha value is -2.84. The molecule has 0 heterocycles. The van der Waals surface area contributed by atoms with Crippen molar-refractivity contribution in [1.82, 2.24) is 0 Å². The third kappa shape index (κ3) is 5.61. The SMILES string of the molecule is CC(C)Oc1ccc(Br)cc1C(=O)Nc1ccc(S(=O)(=O)Nc2ccccc2)cc1. The van der Waals surface area contributed by atoms with Gasteiger partial charge in [-0.15, -0.1) is 0 Å². The van der Waals surface area contributed by atoms with E-state index in [0.717, 1.165) is 4.47 Å². The Labute approximate surface area is 184 Å². The number of benzene rings is 3. The number of amides is 1. The molecular formula is C22H21BrN2O4S. The van der Waals surface area contributed by atoms with Gasteiger partial charge in [-0.1, -0.05) is 34.1 Å². The number of anilines is 2. The largest absolute Gasteiger partial charge is 0.490 e. The van der Waals surface area contributed by atoms with Gasteiger partial charge in [0.15, 0.2) is 0 Å². The number of hydrogen-bond donors (Lipinski definition) is 2. The second-order valence-electron chi connectivity index (χ2n) is 6.76. The summed E-state index contributed by atoms with van der Waals surface area (Å²) in [6.45, 7) is 3.76. The fourth-order valence-electron chi connectivity index (χ4n) is 2.67. The van der Waals surface area contributed by atoms with E-state index in [4.69, 9.17) is 4.74 Å². The van der Waals surface area contributed by atoms with Crippen LogP contribution in [0.5, 0.6) is 5.75 Å². The Morgan fingerprint density at radius 2 is 1.60 bits per heavy atom. The van der Waals surface area contributed by atoms with E-state index in [0.29, 0.717) is 22.7 Å². The van der Waals surface area contributed by atoms with E-state index in [1.807, 2.05) is 13.8 Å².